The summed E-state index contributed by atoms with van der Waals surface area (Å²) >= 11 is 0. The largest absolute Gasteiger partial charge is 0.460 e. The molecule has 0 aliphatic heterocycles. The van der Waals surface area contributed by atoms with Gasteiger partial charge in [-0.1, -0.05) is 36.4 Å². The van der Waals surface area contributed by atoms with Gasteiger partial charge in [0.15, 0.2) is 0 Å². The number of rotatable bonds is 6. The summed E-state index contributed by atoms with van der Waals surface area (Å²) in [5.74, 6) is 2.60. The monoisotopic (exact) mass is 347 g/mol. The van der Waals surface area contributed by atoms with Crippen LogP contribution >= 0.6 is 0 Å². The maximum atomic E-state index is 9.59. The zero-order chi connectivity index (χ0) is 17.9. The van der Waals surface area contributed by atoms with Crippen molar-refractivity contribution in [1.29, 1.82) is 0 Å². The fourth-order valence-corrected chi connectivity index (χ4v) is 2.95. The van der Waals surface area contributed by atoms with E-state index in [0.717, 1.165) is 39.5 Å². The molecule has 0 fully saturated rings. The number of imidazole rings is 1. The highest BCUT2D eigenvalue weighted by atomic mass is 16.3. The molecule has 0 saturated carbocycles. The van der Waals surface area contributed by atoms with Crippen molar-refractivity contribution >= 4 is 11.0 Å². The first-order chi connectivity index (χ1) is 12.7. The van der Waals surface area contributed by atoms with Crippen LogP contribution in [0.4, 0.5) is 0 Å². The summed E-state index contributed by atoms with van der Waals surface area (Å²) in [6, 6.07) is 19.7. The Morgan fingerprint density at radius 3 is 2.62 bits per heavy atom. The Hall–Kier alpha value is -2.89. The van der Waals surface area contributed by atoms with E-state index in [0.29, 0.717) is 13.1 Å². The van der Waals surface area contributed by atoms with Crippen LogP contribution < -0.4 is 5.32 Å². The lowest BCUT2D eigenvalue weighted by molar-refractivity contribution is 0.199. The molecule has 0 aliphatic carbocycles. The molecule has 4 rings (SSSR count). The molecule has 0 bridgehead atoms. The second-order valence-electron chi connectivity index (χ2n) is 6.37. The smallest absolute Gasteiger partial charge is 0.134 e. The van der Waals surface area contributed by atoms with Gasteiger partial charge in [-0.05, 0) is 36.8 Å². The van der Waals surface area contributed by atoms with Crippen molar-refractivity contribution in [3.8, 4) is 11.3 Å². The Bertz CT molecular complexity index is 966. The third-order valence-corrected chi connectivity index (χ3v) is 4.37. The van der Waals surface area contributed by atoms with Gasteiger partial charge >= 0.3 is 0 Å². The molecule has 0 aliphatic rings. The second kappa shape index (κ2) is 7.15. The second-order valence-corrected chi connectivity index (χ2v) is 6.37. The summed E-state index contributed by atoms with van der Waals surface area (Å²) in [5, 5.41) is 12.9. The lowest BCUT2D eigenvalue weighted by atomic mass is 10.1. The van der Waals surface area contributed by atoms with Gasteiger partial charge in [0.2, 0.25) is 0 Å². The quantitative estimate of drug-likeness (QED) is 0.489. The predicted octanol–water partition coefficient (Wildman–Crippen LogP) is 4.17. The third-order valence-electron chi connectivity index (χ3n) is 4.37. The van der Waals surface area contributed by atoms with Gasteiger partial charge in [-0.2, -0.15) is 0 Å². The molecule has 0 amide bonds. The molecule has 0 spiro atoms. The molecule has 2 aromatic heterocycles. The highest BCUT2D eigenvalue weighted by Gasteiger charge is 2.07. The molecular weight excluding hydrogens is 326 g/mol. The number of nitrogens with one attached hydrogen (secondary N) is 2. The number of nitrogens with zero attached hydrogens (tertiary/aromatic N) is 1. The molecule has 5 heteroatoms. The van der Waals surface area contributed by atoms with Crippen LogP contribution in [0.3, 0.4) is 0 Å². The number of aliphatic hydroxyl groups excluding tert-OH is 1. The first-order valence-electron chi connectivity index (χ1n) is 8.70. The molecule has 2 aromatic carbocycles. The molecule has 132 valence electrons. The van der Waals surface area contributed by atoms with Gasteiger partial charge in [-0.3, -0.25) is 0 Å². The maximum Gasteiger partial charge on any atom is 0.134 e. The highest BCUT2D eigenvalue weighted by molar-refractivity contribution is 5.74. The molecule has 0 unspecified atom stereocenters. The van der Waals surface area contributed by atoms with Gasteiger partial charge in [-0.25, -0.2) is 4.98 Å². The zero-order valence-corrected chi connectivity index (χ0v) is 14.6. The summed E-state index contributed by atoms with van der Waals surface area (Å²) in [7, 11) is 0. The van der Waals surface area contributed by atoms with E-state index in [1.807, 2.05) is 60.7 Å². The Kier molecular flexibility index (Phi) is 4.56. The minimum atomic E-state index is -0.460. The molecule has 1 atom stereocenters. The number of aliphatic hydroxyl groups is 1. The van der Waals surface area contributed by atoms with Crippen molar-refractivity contribution in [2.45, 2.75) is 26.1 Å². The summed E-state index contributed by atoms with van der Waals surface area (Å²) in [6.07, 6.45) is -0.460. The Labute approximate surface area is 151 Å². The van der Waals surface area contributed by atoms with Crippen LogP contribution in [0.2, 0.25) is 0 Å². The Morgan fingerprint density at radius 2 is 1.85 bits per heavy atom. The van der Waals surface area contributed by atoms with Gasteiger partial charge in [0.1, 0.15) is 17.3 Å². The SMILES string of the molecule is C[C@@H](O)c1ccc(-c2ccc(CNCc3nc4ccccc4[nH]3)o2)cc1. The van der Waals surface area contributed by atoms with Gasteiger partial charge in [-0.15, -0.1) is 0 Å². The lowest BCUT2D eigenvalue weighted by Gasteiger charge is -2.05. The molecule has 3 N–H and O–H groups in total. The van der Waals surface area contributed by atoms with Crippen molar-refractivity contribution in [2.24, 2.45) is 0 Å². The zero-order valence-electron chi connectivity index (χ0n) is 14.6. The van der Waals surface area contributed by atoms with Gasteiger partial charge < -0.3 is 19.8 Å². The van der Waals surface area contributed by atoms with Crippen molar-refractivity contribution < 1.29 is 9.52 Å². The van der Waals surface area contributed by atoms with E-state index in [1.165, 1.54) is 0 Å². The van der Waals surface area contributed by atoms with Crippen LogP contribution in [0.15, 0.2) is 65.1 Å². The number of aromatic amines is 1. The van der Waals surface area contributed by atoms with Crippen LogP contribution in [0.25, 0.3) is 22.4 Å². The molecule has 0 radical (unpaired) electrons. The van der Waals surface area contributed by atoms with Crippen molar-refractivity contribution in [1.82, 2.24) is 15.3 Å². The standard InChI is InChI=1S/C21H21N3O2/c1-14(25)15-6-8-16(9-7-15)20-11-10-17(26-20)12-22-13-21-23-18-4-2-3-5-19(18)24-21/h2-11,14,22,25H,12-13H2,1H3,(H,23,24)/t14-/m1/s1. The minimum absolute atomic E-state index is 0.460. The number of aromatic nitrogens is 2. The fraction of sp³-hybridized carbons (Fsp3) is 0.190. The first kappa shape index (κ1) is 16.6. The van der Waals surface area contributed by atoms with Crippen molar-refractivity contribution in [3.63, 3.8) is 0 Å². The summed E-state index contributed by atoms with van der Waals surface area (Å²) < 4.78 is 5.91. The summed E-state index contributed by atoms with van der Waals surface area (Å²) in [4.78, 5) is 7.85. The molecule has 0 saturated heterocycles. The fourth-order valence-electron chi connectivity index (χ4n) is 2.95. The molecule has 4 aromatic rings. The molecular formula is C21H21N3O2. The number of furan rings is 1. The number of para-hydroxylation sites is 2. The van der Waals surface area contributed by atoms with Gasteiger partial charge in [0, 0.05) is 5.56 Å². The van der Waals surface area contributed by atoms with Crippen LogP contribution in [0.1, 0.15) is 30.2 Å². The van der Waals surface area contributed by atoms with Crippen molar-refractivity contribution in [3.05, 3.63) is 77.8 Å². The molecule has 2 heterocycles. The number of hydrogen-bond donors (Lipinski definition) is 3. The van der Waals surface area contributed by atoms with Crippen LogP contribution in [0, 0.1) is 0 Å². The van der Waals surface area contributed by atoms with Crippen LogP contribution in [-0.2, 0) is 13.1 Å². The average molecular weight is 347 g/mol. The number of fused-ring (bicyclic) bond motifs is 1. The van der Waals surface area contributed by atoms with E-state index in [-0.39, 0.29) is 0 Å². The van der Waals surface area contributed by atoms with Gasteiger partial charge in [0.05, 0.1) is 30.2 Å². The summed E-state index contributed by atoms with van der Waals surface area (Å²) in [5.41, 5.74) is 3.92. The van der Waals surface area contributed by atoms with E-state index in [9.17, 15) is 5.11 Å². The summed E-state index contributed by atoms with van der Waals surface area (Å²) in [6.45, 7) is 3.03. The van der Waals surface area contributed by atoms with E-state index < -0.39 is 6.10 Å². The van der Waals surface area contributed by atoms with E-state index in [4.69, 9.17) is 4.42 Å². The normalized spacial score (nSPS) is 12.5. The van der Waals surface area contributed by atoms with Crippen molar-refractivity contribution in [2.75, 3.05) is 0 Å². The Morgan fingerprint density at radius 1 is 1.04 bits per heavy atom. The van der Waals surface area contributed by atoms with Gasteiger partial charge in [0.25, 0.3) is 0 Å². The molecule has 5 nitrogen and oxygen atoms in total. The maximum absolute atomic E-state index is 9.59. The predicted molar refractivity (Wildman–Crippen MR) is 101 cm³/mol. The Balaban J connectivity index is 1.37. The van der Waals surface area contributed by atoms with Crippen LogP contribution in [-0.4, -0.2) is 15.1 Å². The minimum Gasteiger partial charge on any atom is -0.460 e. The average Bonchev–Trinajstić information content (AvgIpc) is 3.28. The highest BCUT2D eigenvalue weighted by Crippen LogP contribution is 2.24. The van der Waals surface area contributed by atoms with E-state index in [1.54, 1.807) is 6.92 Å². The third kappa shape index (κ3) is 3.54. The van der Waals surface area contributed by atoms with E-state index in [2.05, 4.69) is 15.3 Å². The first-order valence-corrected chi connectivity index (χ1v) is 8.70. The molecule has 26 heavy (non-hydrogen) atoms. The number of hydrogen-bond acceptors (Lipinski definition) is 4. The number of benzene rings is 2. The number of H-pyrrole nitrogens is 1. The van der Waals surface area contributed by atoms with Crippen LogP contribution in [0.5, 0.6) is 0 Å². The lowest BCUT2D eigenvalue weighted by Crippen LogP contribution is -2.13. The van der Waals surface area contributed by atoms with E-state index >= 15 is 0 Å². The topological polar surface area (TPSA) is 74.1 Å².